The summed E-state index contributed by atoms with van der Waals surface area (Å²) in [6.07, 6.45) is 1.62. The Bertz CT molecular complexity index is 1020. The fourth-order valence-corrected chi connectivity index (χ4v) is 4.57. The number of hydrogen-bond acceptors (Lipinski definition) is 4. The second-order valence-electron chi connectivity index (χ2n) is 8.51. The smallest absolute Gasteiger partial charge is 0.232 e. The minimum absolute atomic E-state index is 0.0814. The van der Waals surface area contributed by atoms with Crippen LogP contribution < -0.4 is 14.4 Å². The van der Waals surface area contributed by atoms with Gasteiger partial charge in [0.05, 0.1) is 23.5 Å². The highest BCUT2D eigenvalue weighted by atomic mass is 35.5. The van der Waals surface area contributed by atoms with Crippen LogP contribution in [0.1, 0.15) is 39.2 Å². The first-order chi connectivity index (χ1) is 14.9. The number of carbonyl (C=O) groups is 1. The average Bonchev–Trinajstić information content (AvgIpc) is 2.68. The molecule has 0 aliphatic rings. The zero-order valence-corrected chi connectivity index (χ0v) is 21.1. The number of halogens is 2. The van der Waals surface area contributed by atoms with Crippen molar-refractivity contribution in [1.29, 1.82) is 0 Å². The second kappa shape index (κ2) is 11.3. The number of nitrogens with one attached hydrogen (secondary N) is 1. The summed E-state index contributed by atoms with van der Waals surface area (Å²) < 4.78 is 31.2. The molecule has 0 aliphatic heterocycles. The first-order valence-corrected chi connectivity index (χ1v) is 12.9. The summed E-state index contributed by atoms with van der Waals surface area (Å²) in [7, 11) is -3.56. The molecule has 32 heavy (non-hydrogen) atoms. The van der Waals surface area contributed by atoms with Crippen molar-refractivity contribution in [1.82, 2.24) is 5.32 Å². The third-order valence-electron chi connectivity index (χ3n) is 4.76. The van der Waals surface area contributed by atoms with Gasteiger partial charge in [-0.15, -0.1) is 0 Å². The zero-order valence-electron chi connectivity index (χ0n) is 18.8. The number of amides is 1. The molecule has 0 fully saturated rings. The van der Waals surface area contributed by atoms with Gasteiger partial charge in [-0.2, -0.15) is 0 Å². The summed E-state index contributed by atoms with van der Waals surface area (Å²) in [6, 6.07) is 12.5. The number of rotatable bonds is 10. The van der Waals surface area contributed by atoms with Crippen molar-refractivity contribution in [2.24, 2.45) is 0 Å². The largest absolute Gasteiger partial charge is 0.492 e. The molecule has 0 bridgehead atoms. The topological polar surface area (TPSA) is 75.7 Å². The Morgan fingerprint density at radius 2 is 1.75 bits per heavy atom. The van der Waals surface area contributed by atoms with Gasteiger partial charge in [0.2, 0.25) is 15.9 Å². The van der Waals surface area contributed by atoms with Gasteiger partial charge in [0.25, 0.3) is 0 Å². The lowest BCUT2D eigenvalue weighted by Gasteiger charge is -2.23. The van der Waals surface area contributed by atoms with Crippen molar-refractivity contribution in [2.75, 3.05) is 30.3 Å². The molecule has 0 aromatic heterocycles. The van der Waals surface area contributed by atoms with Crippen LogP contribution in [0, 0.1) is 0 Å². The number of nitrogens with zero attached hydrogens (tertiary/aromatic N) is 1. The number of carbonyl (C=O) groups excluding carboxylic acids is 1. The SMILES string of the molecule is CC(C)(C)c1ccc(OCCNC(=O)CCCN(c2ccc(Cl)cc2Cl)S(C)(=O)=O)cc1. The van der Waals surface area contributed by atoms with E-state index in [2.05, 4.69) is 26.1 Å². The summed E-state index contributed by atoms with van der Waals surface area (Å²) in [5.41, 5.74) is 1.64. The first-order valence-electron chi connectivity index (χ1n) is 10.3. The van der Waals surface area contributed by atoms with E-state index in [0.29, 0.717) is 30.3 Å². The Balaban J connectivity index is 1.77. The number of ether oxygens (including phenoxy) is 1. The van der Waals surface area contributed by atoms with E-state index in [1.807, 2.05) is 24.3 Å². The van der Waals surface area contributed by atoms with Gasteiger partial charge < -0.3 is 10.1 Å². The van der Waals surface area contributed by atoms with Gasteiger partial charge in [0.1, 0.15) is 12.4 Å². The standard InChI is InChI=1S/C23H30Cl2N2O4S/c1-23(2,3)17-7-10-19(11-8-17)31-15-13-26-22(28)6-5-14-27(32(4,29)30)21-12-9-18(24)16-20(21)25/h7-12,16H,5-6,13-15H2,1-4H3,(H,26,28). The number of anilines is 1. The van der Waals surface area contributed by atoms with Crippen LogP contribution in [0.5, 0.6) is 5.75 Å². The molecule has 0 saturated carbocycles. The van der Waals surface area contributed by atoms with E-state index < -0.39 is 10.0 Å². The summed E-state index contributed by atoms with van der Waals surface area (Å²) >= 11 is 12.0. The molecule has 0 heterocycles. The maximum atomic E-state index is 12.2. The molecule has 176 valence electrons. The molecule has 2 aromatic rings. The predicted octanol–water partition coefficient (Wildman–Crippen LogP) is 5.03. The Labute approximate surface area is 200 Å². The Morgan fingerprint density at radius 1 is 1.09 bits per heavy atom. The molecule has 1 amide bonds. The number of sulfonamides is 1. The van der Waals surface area contributed by atoms with Crippen LogP contribution in [0.4, 0.5) is 5.69 Å². The molecule has 2 aromatic carbocycles. The fraction of sp³-hybridized carbons (Fsp3) is 0.435. The van der Waals surface area contributed by atoms with E-state index in [4.69, 9.17) is 27.9 Å². The van der Waals surface area contributed by atoms with Gasteiger partial charge in [0.15, 0.2) is 0 Å². The van der Waals surface area contributed by atoms with Crippen molar-refractivity contribution in [3.8, 4) is 5.75 Å². The highest BCUT2D eigenvalue weighted by Crippen LogP contribution is 2.30. The molecule has 1 N–H and O–H groups in total. The lowest BCUT2D eigenvalue weighted by atomic mass is 9.87. The van der Waals surface area contributed by atoms with Gasteiger partial charge in [-0.05, 0) is 47.7 Å². The molecule has 0 spiro atoms. The minimum Gasteiger partial charge on any atom is -0.492 e. The Kier molecular flexibility index (Phi) is 9.25. The molecule has 0 radical (unpaired) electrons. The Hall–Kier alpha value is -1.96. The van der Waals surface area contributed by atoms with Crippen LogP contribution in [-0.4, -0.2) is 40.3 Å². The molecule has 6 nitrogen and oxygen atoms in total. The molecular weight excluding hydrogens is 471 g/mol. The van der Waals surface area contributed by atoms with E-state index >= 15 is 0 Å². The molecular formula is C23H30Cl2N2O4S. The molecule has 0 unspecified atom stereocenters. The van der Waals surface area contributed by atoms with Crippen molar-refractivity contribution >= 4 is 44.8 Å². The molecule has 9 heteroatoms. The highest BCUT2D eigenvalue weighted by molar-refractivity contribution is 7.92. The van der Waals surface area contributed by atoms with Gasteiger partial charge in [-0.3, -0.25) is 9.10 Å². The predicted molar refractivity (Wildman–Crippen MR) is 132 cm³/mol. The van der Waals surface area contributed by atoms with Crippen LogP contribution >= 0.6 is 23.2 Å². The van der Waals surface area contributed by atoms with E-state index in [1.165, 1.54) is 15.9 Å². The van der Waals surface area contributed by atoms with Crippen LogP contribution in [0.15, 0.2) is 42.5 Å². The number of hydrogen-bond donors (Lipinski definition) is 1. The van der Waals surface area contributed by atoms with Crippen molar-refractivity contribution in [3.05, 3.63) is 58.1 Å². The minimum atomic E-state index is -3.56. The summed E-state index contributed by atoms with van der Waals surface area (Å²) in [6.45, 7) is 7.28. The highest BCUT2D eigenvalue weighted by Gasteiger charge is 2.20. The molecule has 0 saturated heterocycles. The maximum absolute atomic E-state index is 12.2. The van der Waals surface area contributed by atoms with Crippen LogP contribution in [0.3, 0.4) is 0 Å². The van der Waals surface area contributed by atoms with E-state index in [9.17, 15) is 13.2 Å². The molecule has 0 atom stereocenters. The summed E-state index contributed by atoms with van der Waals surface area (Å²) in [4.78, 5) is 12.1. The quantitative estimate of drug-likeness (QED) is 0.464. The first kappa shape index (κ1) is 26.3. The van der Waals surface area contributed by atoms with Crippen LogP contribution in [0.2, 0.25) is 10.0 Å². The second-order valence-corrected chi connectivity index (χ2v) is 11.3. The lowest BCUT2D eigenvalue weighted by Crippen LogP contribution is -2.33. The van der Waals surface area contributed by atoms with Crippen LogP contribution in [-0.2, 0) is 20.2 Å². The number of benzene rings is 2. The zero-order chi connectivity index (χ0) is 23.9. The van der Waals surface area contributed by atoms with E-state index in [1.54, 1.807) is 12.1 Å². The summed E-state index contributed by atoms with van der Waals surface area (Å²) in [5, 5.41) is 3.44. The van der Waals surface area contributed by atoms with Crippen molar-refractivity contribution in [2.45, 2.75) is 39.0 Å². The average molecular weight is 501 g/mol. The third kappa shape index (κ3) is 8.19. The van der Waals surface area contributed by atoms with Crippen LogP contribution in [0.25, 0.3) is 0 Å². The molecule has 2 rings (SSSR count). The normalized spacial score (nSPS) is 11.8. The van der Waals surface area contributed by atoms with Crippen molar-refractivity contribution < 1.29 is 17.9 Å². The fourth-order valence-electron chi connectivity index (χ4n) is 3.03. The van der Waals surface area contributed by atoms with E-state index in [0.717, 1.165) is 12.0 Å². The molecule has 0 aliphatic carbocycles. The lowest BCUT2D eigenvalue weighted by molar-refractivity contribution is -0.121. The van der Waals surface area contributed by atoms with E-state index in [-0.39, 0.29) is 29.3 Å². The monoisotopic (exact) mass is 500 g/mol. The van der Waals surface area contributed by atoms with Crippen molar-refractivity contribution in [3.63, 3.8) is 0 Å². The maximum Gasteiger partial charge on any atom is 0.232 e. The van der Waals surface area contributed by atoms with Gasteiger partial charge >= 0.3 is 0 Å². The van der Waals surface area contributed by atoms with Gasteiger partial charge in [-0.25, -0.2) is 8.42 Å². The van der Waals surface area contributed by atoms with Gasteiger partial charge in [-0.1, -0.05) is 56.1 Å². The Morgan fingerprint density at radius 3 is 2.31 bits per heavy atom. The third-order valence-corrected chi connectivity index (χ3v) is 6.47. The van der Waals surface area contributed by atoms with Gasteiger partial charge in [0, 0.05) is 18.0 Å². The summed E-state index contributed by atoms with van der Waals surface area (Å²) in [5.74, 6) is 0.572.